The Morgan fingerprint density at radius 3 is 1.95 bits per heavy atom. The highest BCUT2D eigenvalue weighted by molar-refractivity contribution is 6.05. The Morgan fingerprint density at radius 2 is 1.21 bits per heavy atom. The molecule has 2 heterocycles. The lowest BCUT2D eigenvalue weighted by atomic mass is 9.98. The summed E-state index contributed by atoms with van der Waals surface area (Å²) in [6.07, 6.45) is 2.20. The normalized spacial score (nSPS) is 14.7. The Morgan fingerprint density at radius 1 is 0.558 bits per heavy atom. The molecule has 7 aromatic rings. The number of hydrogen-bond acceptors (Lipinski definition) is 4. The highest BCUT2D eigenvalue weighted by atomic mass is 16.3. The maximum Gasteiger partial charge on any atom is 0.227 e. The quantitative estimate of drug-likeness (QED) is 0.231. The molecule has 0 saturated heterocycles. The smallest absolute Gasteiger partial charge is 0.227 e. The van der Waals surface area contributed by atoms with Crippen LogP contribution < -0.4 is 5.32 Å². The maximum absolute atomic E-state index is 6.24. The largest absolute Gasteiger partial charge is 0.435 e. The molecule has 1 aliphatic heterocycles. The molecule has 1 aliphatic rings. The number of rotatable bonds is 5. The number of nitrogens with zero attached hydrogens (tertiary/aromatic N) is 2. The fourth-order valence-corrected chi connectivity index (χ4v) is 5.71. The van der Waals surface area contributed by atoms with Gasteiger partial charge < -0.3 is 9.73 Å². The summed E-state index contributed by atoms with van der Waals surface area (Å²) < 4.78 is 6.24. The predicted molar refractivity (Wildman–Crippen MR) is 176 cm³/mol. The fourth-order valence-electron chi connectivity index (χ4n) is 5.71. The van der Waals surface area contributed by atoms with Gasteiger partial charge in [-0.05, 0) is 64.0 Å². The van der Waals surface area contributed by atoms with E-state index in [1.54, 1.807) is 0 Å². The molecule has 1 atom stereocenters. The molecular weight excluding hydrogens is 526 g/mol. The second kappa shape index (κ2) is 10.6. The van der Waals surface area contributed by atoms with Gasteiger partial charge in [-0.1, -0.05) is 115 Å². The zero-order valence-electron chi connectivity index (χ0n) is 23.3. The third-order valence-corrected chi connectivity index (χ3v) is 7.96. The maximum atomic E-state index is 6.24. The first kappa shape index (κ1) is 25.0. The Bertz CT molecular complexity index is 2130. The summed E-state index contributed by atoms with van der Waals surface area (Å²) in [5.41, 5.74) is 9.26. The van der Waals surface area contributed by atoms with Gasteiger partial charge in [-0.15, -0.1) is 0 Å². The summed E-state index contributed by atoms with van der Waals surface area (Å²) in [7, 11) is 0. The van der Waals surface area contributed by atoms with E-state index in [9.17, 15) is 0 Å². The van der Waals surface area contributed by atoms with Crippen molar-refractivity contribution in [2.45, 2.75) is 6.04 Å². The van der Waals surface area contributed by atoms with Crippen LogP contribution in [0.1, 0.15) is 22.7 Å². The molecule has 4 nitrogen and oxygen atoms in total. The van der Waals surface area contributed by atoms with Crippen LogP contribution in [-0.2, 0) is 0 Å². The van der Waals surface area contributed by atoms with E-state index in [0.717, 1.165) is 61.2 Å². The molecule has 0 bridgehead atoms. The lowest BCUT2D eigenvalue weighted by Gasteiger charge is -2.24. The Labute approximate surface area is 249 Å². The van der Waals surface area contributed by atoms with Crippen LogP contribution in [0.5, 0.6) is 0 Å². The van der Waals surface area contributed by atoms with E-state index < -0.39 is 0 Å². The minimum Gasteiger partial charge on any atom is -0.435 e. The Balaban J connectivity index is 1.11. The van der Waals surface area contributed by atoms with E-state index >= 15 is 0 Å². The lowest BCUT2D eigenvalue weighted by molar-refractivity contribution is 0.623. The van der Waals surface area contributed by atoms with Gasteiger partial charge in [-0.2, -0.15) is 0 Å². The van der Waals surface area contributed by atoms with Crippen molar-refractivity contribution in [3.63, 3.8) is 0 Å². The number of aliphatic imine (C=N–C) groups is 1. The van der Waals surface area contributed by atoms with E-state index in [2.05, 4.69) is 108 Å². The van der Waals surface area contributed by atoms with Crippen molar-refractivity contribution in [1.82, 2.24) is 10.3 Å². The minimum absolute atomic E-state index is 0.0272. The lowest BCUT2D eigenvalue weighted by Crippen LogP contribution is -2.31. The van der Waals surface area contributed by atoms with Gasteiger partial charge in [0.05, 0.1) is 11.7 Å². The topological polar surface area (TPSA) is 50.4 Å². The average Bonchev–Trinajstić information content (AvgIpc) is 3.54. The third kappa shape index (κ3) is 4.79. The van der Waals surface area contributed by atoms with Gasteiger partial charge >= 0.3 is 0 Å². The SMILES string of the molecule is C1=C(c2ccccc2)N=C(c2ccc(-c3ccc4c(ccc5nc(-c6ccccc6)oc54)c3)cc2)NC1c1ccccc1. The highest BCUT2D eigenvalue weighted by Crippen LogP contribution is 2.33. The van der Waals surface area contributed by atoms with Crippen molar-refractivity contribution in [1.29, 1.82) is 0 Å². The molecule has 0 spiro atoms. The molecule has 0 amide bonds. The van der Waals surface area contributed by atoms with Gasteiger partial charge in [0.15, 0.2) is 5.58 Å². The number of fused-ring (bicyclic) bond motifs is 3. The molecule has 8 rings (SSSR count). The molecule has 0 aliphatic carbocycles. The van der Waals surface area contributed by atoms with Gasteiger partial charge in [-0.3, -0.25) is 0 Å². The third-order valence-electron chi connectivity index (χ3n) is 7.96. The Kier molecular flexibility index (Phi) is 6.16. The molecule has 1 unspecified atom stereocenters. The van der Waals surface area contributed by atoms with Crippen molar-refractivity contribution in [2.24, 2.45) is 4.99 Å². The van der Waals surface area contributed by atoms with Crippen LogP contribution in [0.25, 0.3) is 50.2 Å². The predicted octanol–water partition coefficient (Wildman–Crippen LogP) is 9.45. The Hall–Kier alpha value is -5.74. The van der Waals surface area contributed by atoms with Crippen molar-refractivity contribution in [3.05, 3.63) is 168 Å². The van der Waals surface area contributed by atoms with Gasteiger partial charge in [0.25, 0.3) is 0 Å². The standard InChI is InChI=1S/C39H27N3O/c1-4-10-27(11-5-1)35-25-36(28-12-6-2-7-13-28)41-38(40-35)29-18-16-26(17-19-29)31-20-22-33-32(24-31)21-23-34-37(33)43-39(42-34)30-14-8-3-9-15-30/h1-25,35H,(H,40,41). The average molecular weight is 554 g/mol. The molecule has 0 fully saturated rings. The van der Waals surface area contributed by atoms with Crippen LogP contribution in [-0.4, -0.2) is 10.8 Å². The van der Waals surface area contributed by atoms with Crippen molar-refractivity contribution in [2.75, 3.05) is 0 Å². The molecule has 4 heteroatoms. The first-order valence-electron chi connectivity index (χ1n) is 14.5. The molecule has 204 valence electrons. The van der Waals surface area contributed by atoms with Crippen LogP contribution in [0.3, 0.4) is 0 Å². The van der Waals surface area contributed by atoms with E-state index in [-0.39, 0.29) is 6.04 Å². The first-order chi connectivity index (χ1) is 21.3. The number of aromatic nitrogens is 1. The summed E-state index contributed by atoms with van der Waals surface area (Å²) in [4.78, 5) is 9.77. The van der Waals surface area contributed by atoms with Crippen LogP contribution in [0, 0.1) is 0 Å². The molecule has 6 aromatic carbocycles. The van der Waals surface area contributed by atoms with Crippen LogP contribution in [0.15, 0.2) is 161 Å². The van der Waals surface area contributed by atoms with E-state index in [1.165, 1.54) is 5.56 Å². The molecule has 43 heavy (non-hydrogen) atoms. The number of oxazole rings is 1. The van der Waals surface area contributed by atoms with Crippen molar-refractivity contribution in [3.8, 4) is 22.6 Å². The van der Waals surface area contributed by atoms with Gasteiger partial charge in [0, 0.05) is 16.5 Å². The molecular formula is C39H27N3O. The second-order valence-corrected chi connectivity index (χ2v) is 10.7. The summed E-state index contributed by atoms with van der Waals surface area (Å²) >= 11 is 0. The summed E-state index contributed by atoms with van der Waals surface area (Å²) in [6, 6.07) is 50.2. The highest BCUT2D eigenvalue weighted by Gasteiger charge is 2.20. The number of nitrogens with one attached hydrogen (secondary N) is 1. The second-order valence-electron chi connectivity index (χ2n) is 10.7. The fraction of sp³-hybridized carbons (Fsp3) is 0.0256. The number of benzene rings is 6. The van der Waals surface area contributed by atoms with Gasteiger partial charge in [0.1, 0.15) is 11.4 Å². The monoisotopic (exact) mass is 553 g/mol. The molecule has 1 aromatic heterocycles. The van der Waals surface area contributed by atoms with Gasteiger partial charge in [-0.25, -0.2) is 9.98 Å². The van der Waals surface area contributed by atoms with Crippen LogP contribution in [0.2, 0.25) is 0 Å². The van der Waals surface area contributed by atoms with E-state index in [1.807, 2.05) is 48.5 Å². The van der Waals surface area contributed by atoms with Crippen LogP contribution in [0.4, 0.5) is 0 Å². The zero-order valence-corrected chi connectivity index (χ0v) is 23.3. The first-order valence-corrected chi connectivity index (χ1v) is 14.5. The number of amidine groups is 1. The van der Waals surface area contributed by atoms with Crippen LogP contribution >= 0.6 is 0 Å². The number of hydrogen-bond donors (Lipinski definition) is 1. The summed E-state index contributed by atoms with van der Waals surface area (Å²) in [5.74, 6) is 1.50. The summed E-state index contributed by atoms with van der Waals surface area (Å²) in [5, 5.41) is 5.83. The molecule has 0 saturated carbocycles. The van der Waals surface area contributed by atoms with Gasteiger partial charge in [0.2, 0.25) is 5.89 Å². The molecule has 0 radical (unpaired) electrons. The van der Waals surface area contributed by atoms with E-state index in [0.29, 0.717) is 5.89 Å². The van der Waals surface area contributed by atoms with Crippen molar-refractivity contribution < 1.29 is 4.42 Å². The van der Waals surface area contributed by atoms with Crippen molar-refractivity contribution >= 4 is 33.4 Å². The zero-order chi connectivity index (χ0) is 28.6. The molecule has 1 N–H and O–H groups in total. The summed E-state index contributed by atoms with van der Waals surface area (Å²) in [6.45, 7) is 0. The minimum atomic E-state index is 0.0272. The van der Waals surface area contributed by atoms with E-state index in [4.69, 9.17) is 14.4 Å².